The van der Waals surface area contributed by atoms with Gasteiger partial charge >= 0.3 is 0 Å². The molecule has 150 valence electrons. The van der Waals surface area contributed by atoms with Gasteiger partial charge in [0.2, 0.25) is 5.91 Å². The van der Waals surface area contributed by atoms with E-state index in [2.05, 4.69) is 25.9 Å². The number of aromatic amines is 1. The molecule has 0 radical (unpaired) electrons. The molecular weight excluding hydrogens is 372 g/mol. The molecule has 0 aliphatic heterocycles. The predicted molar refractivity (Wildman–Crippen MR) is 109 cm³/mol. The molecule has 0 saturated carbocycles. The summed E-state index contributed by atoms with van der Waals surface area (Å²) < 4.78 is 1.47. The van der Waals surface area contributed by atoms with Gasteiger partial charge in [0.25, 0.3) is 11.5 Å². The Kier molecular flexibility index (Phi) is 5.58. The first-order chi connectivity index (χ1) is 13.8. The van der Waals surface area contributed by atoms with Crippen LogP contribution in [0.5, 0.6) is 0 Å². The molecule has 2 aromatic heterocycles. The van der Waals surface area contributed by atoms with Crippen LogP contribution in [0.4, 0.5) is 11.4 Å². The maximum atomic E-state index is 12.8. The monoisotopic (exact) mass is 394 g/mol. The van der Waals surface area contributed by atoms with Crippen molar-refractivity contribution in [1.82, 2.24) is 20.0 Å². The number of hydrogen-bond donors (Lipinski definition) is 3. The van der Waals surface area contributed by atoms with E-state index in [4.69, 9.17) is 0 Å². The van der Waals surface area contributed by atoms with Crippen molar-refractivity contribution in [3.8, 4) is 5.82 Å². The highest BCUT2D eigenvalue weighted by Crippen LogP contribution is 2.22. The second-order valence-electron chi connectivity index (χ2n) is 6.96. The number of amides is 2. The Hall–Kier alpha value is -3.75. The highest BCUT2D eigenvalue weighted by molar-refractivity contribution is 6.05. The molecule has 29 heavy (non-hydrogen) atoms. The Morgan fingerprint density at radius 1 is 1.10 bits per heavy atom. The fourth-order valence-electron chi connectivity index (χ4n) is 2.63. The number of nitrogens with zero attached hydrogens (tertiary/aromatic N) is 3. The van der Waals surface area contributed by atoms with E-state index in [1.54, 1.807) is 19.1 Å². The van der Waals surface area contributed by atoms with E-state index < -0.39 is 0 Å². The third-order valence-corrected chi connectivity index (χ3v) is 4.41. The van der Waals surface area contributed by atoms with E-state index in [-0.39, 0.29) is 23.3 Å². The zero-order valence-corrected chi connectivity index (χ0v) is 16.6. The van der Waals surface area contributed by atoms with Crippen LogP contribution >= 0.6 is 0 Å². The average molecular weight is 394 g/mol. The average Bonchev–Trinajstić information content (AvgIpc) is 3.06. The molecule has 3 N–H and O–H groups in total. The van der Waals surface area contributed by atoms with Gasteiger partial charge in [0.1, 0.15) is 0 Å². The molecule has 2 amide bonds. The molecule has 0 aliphatic rings. The number of hydrogen-bond acceptors (Lipinski definition) is 5. The lowest BCUT2D eigenvalue weighted by Gasteiger charge is -2.12. The normalized spacial score (nSPS) is 10.8. The van der Waals surface area contributed by atoms with Crippen LogP contribution < -0.4 is 16.2 Å². The van der Waals surface area contributed by atoms with Crippen LogP contribution in [0.15, 0.2) is 41.3 Å². The first-order valence-corrected chi connectivity index (χ1v) is 9.10. The van der Waals surface area contributed by atoms with E-state index in [0.29, 0.717) is 28.5 Å². The number of rotatable bonds is 5. The largest absolute Gasteiger partial charge is 0.326 e. The molecule has 3 rings (SSSR count). The van der Waals surface area contributed by atoms with Gasteiger partial charge in [-0.2, -0.15) is 10.2 Å². The molecule has 3 aromatic rings. The molecule has 0 bridgehead atoms. The Bertz CT molecular complexity index is 1110. The van der Waals surface area contributed by atoms with Gasteiger partial charge in [-0.1, -0.05) is 19.9 Å². The van der Waals surface area contributed by atoms with Crippen LogP contribution in [0.1, 0.15) is 35.5 Å². The highest BCUT2D eigenvalue weighted by Gasteiger charge is 2.17. The molecule has 0 atom stereocenters. The topological polar surface area (TPSA) is 122 Å². The predicted octanol–water partition coefficient (Wildman–Crippen LogP) is 2.42. The molecule has 9 heteroatoms. The Morgan fingerprint density at radius 3 is 2.52 bits per heavy atom. The van der Waals surface area contributed by atoms with Gasteiger partial charge in [-0.25, -0.2) is 9.78 Å². The first kappa shape index (κ1) is 20.0. The highest BCUT2D eigenvalue weighted by atomic mass is 16.2. The van der Waals surface area contributed by atoms with Crippen molar-refractivity contribution < 1.29 is 9.59 Å². The fraction of sp³-hybridized carbons (Fsp3) is 0.250. The van der Waals surface area contributed by atoms with Crippen LogP contribution in [-0.4, -0.2) is 31.8 Å². The van der Waals surface area contributed by atoms with Crippen molar-refractivity contribution in [3.63, 3.8) is 0 Å². The van der Waals surface area contributed by atoms with Crippen molar-refractivity contribution in [2.75, 3.05) is 10.6 Å². The third-order valence-electron chi connectivity index (χ3n) is 4.41. The lowest BCUT2D eigenvalue weighted by atomic mass is 10.1. The van der Waals surface area contributed by atoms with Crippen LogP contribution in [0.25, 0.3) is 5.82 Å². The number of carbonyl (C=O) groups excluding carboxylic acids is 2. The zero-order chi connectivity index (χ0) is 21.1. The summed E-state index contributed by atoms with van der Waals surface area (Å²) in [6.07, 6.45) is 1.44. The standard InChI is InChI=1S/C20H22N6O3/c1-11(2)19(28)22-14-6-5-12(3)16(9-14)23-20(29)15-10-21-26(13(15)4)17-7-8-18(27)25-24-17/h5-11H,1-4H3,(H,22,28)(H,23,29)(H,25,27). The van der Waals surface area contributed by atoms with Gasteiger partial charge in [-0.05, 0) is 37.6 Å². The quantitative estimate of drug-likeness (QED) is 0.613. The molecule has 1 aromatic carbocycles. The van der Waals surface area contributed by atoms with E-state index in [1.165, 1.54) is 23.0 Å². The van der Waals surface area contributed by atoms with Crippen LogP contribution in [-0.2, 0) is 4.79 Å². The molecule has 0 fully saturated rings. The second-order valence-corrected chi connectivity index (χ2v) is 6.96. The van der Waals surface area contributed by atoms with Crippen molar-refractivity contribution in [2.24, 2.45) is 5.92 Å². The van der Waals surface area contributed by atoms with E-state index in [1.807, 2.05) is 26.8 Å². The molecule has 0 aliphatic carbocycles. The van der Waals surface area contributed by atoms with Crippen molar-refractivity contribution in [2.45, 2.75) is 27.7 Å². The molecule has 9 nitrogen and oxygen atoms in total. The van der Waals surface area contributed by atoms with Gasteiger partial charge in [-0.15, -0.1) is 0 Å². The van der Waals surface area contributed by atoms with Crippen LogP contribution in [0.2, 0.25) is 0 Å². The summed E-state index contributed by atoms with van der Waals surface area (Å²) in [5.41, 5.74) is 2.67. The maximum Gasteiger partial charge on any atom is 0.264 e. The minimum atomic E-state index is -0.339. The number of carbonyl (C=O) groups is 2. The molecule has 0 spiro atoms. The molecule has 0 saturated heterocycles. The number of benzene rings is 1. The van der Waals surface area contributed by atoms with E-state index in [0.717, 1.165) is 5.56 Å². The molecule has 0 unspecified atom stereocenters. The zero-order valence-electron chi connectivity index (χ0n) is 16.6. The maximum absolute atomic E-state index is 12.8. The van der Waals surface area contributed by atoms with Gasteiger partial charge in [0, 0.05) is 23.4 Å². The molecule has 2 heterocycles. The number of aromatic nitrogens is 4. The van der Waals surface area contributed by atoms with Crippen molar-refractivity contribution in [1.29, 1.82) is 0 Å². The minimum absolute atomic E-state index is 0.100. The summed E-state index contributed by atoms with van der Waals surface area (Å²) in [5, 5.41) is 16.1. The first-order valence-electron chi connectivity index (χ1n) is 9.10. The summed E-state index contributed by atoms with van der Waals surface area (Å²) in [4.78, 5) is 35.9. The Morgan fingerprint density at radius 2 is 1.86 bits per heavy atom. The summed E-state index contributed by atoms with van der Waals surface area (Å²) in [7, 11) is 0. The van der Waals surface area contributed by atoms with Crippen molar-refractivity contribution in [3.05, 3.63) is 63.7 Å². The smallest absolute Gasteiger partial charge is 0.264 e. The minimum Gasteiger partial charge on any atom is -0.326 e. The van der Waals surface area contributed by atoms with Gasteiger partial charge in [0.05, 0.1) is 17.5 Å². The Balaban J connectivity index is 1.83. The summed E-state index contributed by atoms with van der Waals surface area (Å²) in [6.45, 7) is 7.22. The SMILES string of the molecule is Cc1ccc(NC(=O)C(C)C)cc1NC(=O)c1cnn(-c2ccc(=O)[nH]n2)c1C. The summed E-state index contributed by atoms with van der Waals surface area (Å²) >= 11 is 0. The summed E-state index contributed by atoms with van der Waals surface area (Å²) in [5.74, 6) is -0.189. The van der Waals surface area contributed by atoms with Crippen LogP contribution in [0, 0.1) is 19.8 Å². The molecular formula is C20H22N6O3. The van der Waals surface area contributed by atoms with Gasteiger partial charge in [0.15, 0.2) is 5.82 Å². The second kappa shape index (κ2) is 8.09. The van der Waals surface area contributed by atoms with Gasteiger partial charge in [-0.3, -0.25) is 14.4 Å². The number of nitrogens with one attached hydrogen (secondary N) is 3. The Labute approximate surface area is 167 Å². The fourth-order valence-corrected chi connectivity index (χ4v) is 2.63. The lowest BCUT2D eigenvalue weighted by Crippen LogP contribution is -2.18. The number of anilines is 2. The van der Waals surface area contributed by atoms with Crippen molar-refractivity contribution >= 4 is 23.2 Å². The van der Waals surface area contributed by atoms with E-state index >= 15 is 0 Å². The van der Waals surface area contributed by atoms with Gasteiger partial charge < -0.3 is 10.6 Å². The number of H-pyrrole nitrogens is 1. The number of aryl methyl sites for hydroxylation is 1. The third kappa shape index (κ3) is 4.40. The summed E-state index contributed by atoms with van der Waals surface area (Å²) in [6, 6.07) is 8.19. The lowest BCUT2D eigenvalue weighted by molar-refractivity contribution is -0.118. The van der Waals surface area contributed by atoms with Crippen LogP contribution in [0.3, 0.4) is 0 Å². The van der Waals surface area contributed by atoms with E-state index in [9.17, 15) is 14.4 Å².